The Kier molecular flexibility index (Phi) is 11.5. The number of allylic oxidation sites excluding steroid dienone is 2. The number of aliphatic imine (C=N–C) groups is 1. The number of nitrogens with one attached hydrogen (secondary N) is 1. The number of aromatic nitrogens is 2. The number of halogens is 2. The van der Waals surface area contributed by atoms with Crippen molar-refractivity contribution in [2.45, 2.75) is 103 Å². The molecule has 2 aliphatic heterocycles. The van der Waals surface area contributed by atoms with Crippen LogP contribution in [0.4, 0.5) is 4.79 Å². The lowest BCUT2D eigenvalue weighted by Gasteiger charge is -2.33. The number of rotatable bonds is 6. The highest BCUT2D eigenvalue weighted by molar-refractivity contribution is 7.13. The maximum Gasteiger partial charge on any atom is 0.408 e. The minimum absolute atomic E-state index is 0.00980. The molecule has 1 fully saturated rings. The van der Waals surface area contributed by atoms with Crippen LogP contribution in [0.2, 0.25) is 10.0 Å². The molecule has 12 nitrogen and oxygen atoms in total. The van der Waals surface area contributed by atoms with Gasteiger partial charge in [0.2, 0.25) is 11.8 Å². The van der Waals surface area contributed by atoms with E-state index >= 15 is 0 Å². The third-order valence-electron chi connectivity index (χ3n) is 8.98. The van der Waals surface area contributed by atoms with Crippen LogP contribution in [-0.4, -0.2) is 75.4 Å². The Morgan fingerprint density at radius 3 is 2.50 bits per heavy atom. The Morgan fingerprint density at radius 1 is 1.06 bits per heavy atom. The van der Waals surface area contributed by atoms with E-state index < -0.39 is 41.9 Å². The Bertz CT molecular complexity index is 1930. The van der Waals surface area contributed by atoms with Gasteiger partial charge in [0.1, 0.15) is 11.3 Å². The molecular formula is C37H41Cl2N5O7S. The van der Waals surface area contributed by atoms with Crippen LogP contribution in [0.5, 0.6) is 5.88 Å². The largest absolute Gasteiger partial charge is 0.466 e. The van der Waals surface area contributed by atoms with Crippen molar-refractivity contribution in [3.8, 4) is 16.5 Å². The Morgan fingerprint density at radius 2 is 1.81 bits per heavy atom. The Balaban J connectivity index is 1.41. The molecule has 1 aliphatic carbocycles. The first-order chi connectivity index (χ1) is 24.8. The van der Waals surface area contributed by atoms with E-state index in [1.54, 1.807) is 46.0 Å². The Hall–Kier alpha value is -4.07. The second kappa shape index (κ2) is 15.9. The van der Waals surface area contributed by atoms with Crippen LogP contribution in [0.15, 0.2) is 45.9 Å². The first-order valence-electron chi connectivity index (χ1n) is 17.4. The molecule has 276 valence electrons. The molecule has 0 spiro atoms. The summed E-state index contributed by atoms with van der Waals surface area (Å²) in [5.41, 5.74) is 2.62. The summed E-state index contributed by atoms with van der Waals surface area (Å²) in [7, 11) is 0. The molecule has 52 heavy (non-hydrogen) atoms. The number of hydrogen-bond donors (Lipinski definition) is 1. The molecule has 6 rings (SSSR count). The molecule has 15 heteroatoms. The van der Waals surface area contributed by atoms with Gasteiger partial charge in [0.15, 0.2) is 12.0 Å². The molecule has 2 aromatic heterocycles. The van der Waals surface area contributed by atoms with Crippen molar-refractivity contribution in [2.24, 2.45) is 10.9 Å². The quantitative estimate of drug-likeness (QED) is 0.249. The lowest BCUT2D eigenvalue weighted by Crippen LogP contribution is -2.49. The smallest absolute Gasteiger partial charge is 0.408 e. The average molecular weight is 771 g/mol. The monoisotopic (exact) mass is 769 g/mol. The second-order valence-electron chi connectivity index (χ2n) is 14.0. The van der Waals surface area contributed by atoms with Gasteiger partial charge in [0.05, 0.1) is 50.6 Å². The normalized spacial score (nSPS) is 23.3. The molecule has 1 aromatic carbocycles. The van der Waals surface area contributed by atoms with Crippen molar-refractivity contribution < 1.29 is 33.4 Å². The third-order valence-corrected chi connectivity index (χ3v) is 10.6. The molecule has 1 saturated heterocycles. The van der Waals surface area contributed by atoms with Crippen LogP contribution < -0.4 is 10.1 Å². The zero-order valence-electron chi connectivity index (χ0n) is 29.4. The topological polar surface area (TPSA) is 149 Å². The van der Waals surface area contributed by atoms with E-state index in [9.17, 15) is 19.2 Å². The van der Waals surface area contributed by atoms with E-state index in [2.05, 4.69) is 5.32 Å². The van der Waals surface area contributed by atoms with E-state index in [1.165, 1.54) is 21.8 Å². The fraction of sp³-hybridized carbons (Fsp3) is 0.486. The molecular weight excluding hydrogens is 729 g/mol. The number of carbonyl (C=O) groups excluding carboxylic acids is 4. The number of amides is 2. The van der Waals surface area contributed by atoms with Crippen molar-refractivity contribution in [3.63, 3.8) is 0 Å². The highest BCUT2D eigenvalue weighted by Gasteiger charge is 2.48. The minimum atomic E-state index is -1.10. The highest BCUT2D eigenvalue weighted by Crippen LogP contribution is 2.39. The van der Waals surface area contributed by atoms with Gasteiger partial charge in [0, 0.05) is 37.6 Å². The number of ketones is 1. The van der Waals surface area contributed by atoms with Crippen LogP contribution in [0.3, 0.4) is 0 Å². The standard InChI is InChI=1S/C37H41Cl2N5O7S/c1-5-49-35(47)21-16-31(46)44-28(21)19-40-25-15-20(25)9-6-7-10-24(43-36(48)51-37(2,3)4)29(45)12-13-32(44)50-34-33(30-11-8-14-52-30)41-26-17-22(38)23(39)18-27(26)42-34/h8,11,14,17-19,21,24,28,32H,5-7,9-10,12-13,15-16H2,1-4H3,(H,43,48)/b40-19-/t21-,24-,28+,32+/m0/s1. The lowest BCUT2D eigenvalue weighted by atomic mass is 9.99. The number of hydrogen-bond acceptors (Lipinski definition) is 11. The van der Waals surface area contributed by atoms with Gasteiger partial charge in [0.25, 0.3) is 0 Å². The molecule has 0 saturated carbocycles. The zero-order chi connectivity index (χ0) is 37.2. The van der Waals surface area contributed by atoms with Gasteiger partial charge in [-0.15, -0.1) is 11.3 Å². The van der Waals surface area contributed by atoms with Gasteiger partial charge >= 0.3 is 12.1 Å². The van der Waals surface area contributed by atoms with Gasteiger partial charge in [-0.1, -0.05) is 35.7 Å². The summed E-state index contributed by atoms with van der Waals surface area (Å²) >= 11 is 14.1. The number of esters is 1. The van der Waals surface area contributed by atoms with E-state index in [1.807, 2.05) is 17.5 Å². The molecule has 0 radical (unpaired) electrons. The summed E-state index contributed by atoms with van der Waals surface area (Å²) in [6.07, 6.45) is 3.08. The number of benzene rings is 1. The summed E-state index contributed by atoms with van der Waals surface area (Å²) in [5, 5.41) is 5.26. The summed E-state index contributed by atoms with van der Waals surface area (Å²) in [4.78, 5) is 70.7. The number of fused-ring (bicyclic) bond motifs is 2. The minimum Gasteiger partial charge on any atom is -0.466 e. The summed E-state index contributed by atoms with van der Waals surface area (Å²) in [6.45, 7) is 7.12. The van der Waals surface area contributed by atoms with E-state index in [-0.39, 0.29) is 48.5 Å². The number of carbonyl (C=O) groups is 4. The zero-order valence-corrected chi connectivity index (χ0v) is 31.8. The first kappa shape index (κ1) is 37.7. The van der Waals surface area contributed by atoms with Crippen LogP contribution in [0, 0.1) is 5.92 Å². The van der Waals surface area contributed by atoms with Crippen molar-refractivity contribution >= 4 is 75.5 Å². The van der Waals surface area contributed by atoms with Crippen LogP contribution >= 0.6 is 34.5 Å². The third kappa shape index (κ3) is 8.92. The number of nitrogens with zero attached hydrogens (tertiary/aromatic N) is 4. The molecule has 1 N–H and O–H groups in total. The van der Waals surface area contributed by atoms with Crippen molar-refractivity contribution in [2.75, 3.05) is 6.61 Å². The number of thiophene rings is 1. The molecule has 4 atom stereocenters. The average Bonchev–Trinajstić information content (AvgIpc) is 3.42. The van der Waals surface area contributed by atoms with Crippen molar-refractivity contribution in [1.29, 1.82) is 0 Å². The second-order valence-corrected chi connectivity index (χ2v) is 15.8. The molecule has 0 unspecified atom stereocenters. The van der Waals surface area contributed by atoms with E-state index in [0.29, 0.717) is 34.6 Å². The van der Waals surface area contributed by atoms with Gasteiger partial charge in [-0.2, -0.15) is 0 Å². The van der Waals surface area contributed by atoms with Gasteiger partial charge < -0.3 is 19.5 Å². The number of Topliss-reactive ketones (excluding diaryl/α,β-unsaturated/α-hetero) is 1. The maximum atomic E-state index is 14.0. The SMILES string of the molecule is CCOC(=O)[C@H]1CC(=O)N2[C@@H]1/C=N\C1=C(CCCC[C@H](NC(=O)OC(C)(C)C)C(=O)CC[C@H]2Oc2nc3cc(Cl)c(Cl)cc3nc2-c2cccs2)C1. The number of ether oxygens (including phenoxy) is 3. The fourth-order valence-corrected chi connectivity index (χ4v) is 7.46. The highest BCUT2D eigenvalue weighted by atomic mass is 35.5. The predicted octanol–water partition coefficient (Wildman–Crippen LogP) is 7.70. The summed E-state index contributed by atoms with van der Waals surface area (Å²) < 4.78 is 17.6. The van der Waals surface area contributed by atoms with E-state index in [0.717, 1.165) is 29.8 Å². The Labute approximate surface area is 315 Å². The van der Waals surface area contributed by atoms with Gasteiger partial charge in [-0.25, -0.2) is 14.8 Å². The number of alkyl carbamates (subject to hydrolysis) is 1. The molecule has 3 aliphatic rings. The van der Waals surface area contributed by atoms with Gasteiger partial charge in [-0.05, 0) is 76.1 Å². The summed E-state index contributed by atoms with van der Waals surface area (Å²) in [5.74, 6) is -1.89. The van der Waals surface area contributed by atoms with Gasteiger partial charge in [-0.3, -0.25) is 24.3 Å². The molecule has 2 amide bonds. The predicted molar refractivity (Wildman–Crippen MR) is 199 cm³/mol. The van der Waals surface area contributed by atoms with Crippen LogP contribution in [0.1, 0.15) is 79.1 Å². The van der Waals surface area contributed by atoms with Crippen LogP contribution in [0.25, 0.3) is 21.6 Å². The fourth-order valence-electron chi connectivity index (χ4n) is 6.43. The van der Waals surface area contributed by atoms with Crippen molar-refractivity contribution in [1.82, 2.24) is 20.2 Å². The lowest BCUT2D eigenvalue weighted by molar-refractivity contribution is -0.148. The maximum absolute atomic E-state index is 14.0. The molecule has 0 bridgehead atoms. The summed E-state index contributed by atoms with van der Waals surface area (Å²) in [6, 6.07) is 5.29. The van der Waals surface area contributed by atoms with E-state index in [4.69, 9.17) is 52.4 Å². The van der Waals surface area contributed by atoms with Crippen LogP contribution in [-0.2, 0) is 23.9 Å². The molecule has 4 heterocycles. The first-order valence-corrected chi connectivity index (χ1v) is 19.1. The van der Waals surface area contributed by atoms with Crippen molar-refractivity contribution in [3.05, 3.63) is 51.0 Å². The molecule has 3 aromatic rings.